The summed E-state index contributed by atoms with van der Waals surface area (Å²) in [5.41, 5.74) is 4.49. The number of anilines is 1. The molecule has 1 unspecified atom stereocenters. The molecular formula is C25H27F2N3O7. The van der Waals surface area contributed by atoms with E-state index < -0.39 is 30.3 Å². The number of benzene rings is 1. The number of hydrogen-bond donors (Lipinski definition) is 2. The summed E-state index contributed by atoms with van der Waals surface area (Å²) in [6.45, 7) is 0.381. The maximum atomic E-state index is 13.0. The summed E-state index contributed by atoms with van der Waals surface area (Å²) < 4.78 is 47.4. The molecule has 1 saturated carbocycles. The number of methoxy groups -OCH3 is 1. The van der Waals surface area contributed by atoms with E-state index in [0.29, 0.717) is 18.1 Å². The van der Waals surface area contributed by atoms with Crippen LogP contribution >= 0.6 is 0 Å². The van der Waals surface area contributed by atoms with E-state index in [0.717, 1.165) is 12.8 Å². The molecule has 1 aromatic carbocycles. The van der Waals surface area contributed by atoms with Gasteiger partial charge >= 0.3 is 18.6 Å². The van der Waals surface area contributed by atoms with Gasteiger partial charge in [-0.3, -0.25) is 4.90 Å². The third kappa shape index (κ3) is 5.29. The van der Waals surface area contributed by atoms with Gasteiger partial charge in [-0.05, 0) is 62.9 Å². The Bertz CT molecular complexity index is 1230. The van der Waals surface area contributed by atoms with Crippen LogP contribution in [-0.2, 0) is 20.0 Å². The number of halogens is 2. The highest BCUT2D eigenvalue weighted by Crippen LogP contribution is 2.47. The fraction of sp³-hybridized carbons (Fsp3) is 0.400. The summed E-state index contributed by atoms with van der Waals surface area (Å²) in [5, 5.41) is 10.1. The molecule has 1 fully saturated rings. The maximum Gasteiger partial charge on any atom is 0.387 e. The van der Waals surface area contributed by atoms with E-state index in [1.165, 1.54) is 48.4 Å². The number of carboxylic acid groups (broad SMARTS) is 1. The Hall–Kier alpha value is -3.93. The minimum absolute atomic E-state index is 0.0337. The summed E-state index contributed by atoms with van der Waals surface area (Å²) >= 11 is 0. The van der Waals surface area contributed by atoms with Gasteiger partial charge in [0.15, 0.2) is 22.9 Å². The molecule has 0 saturated heterocycles. The van der Waals surface area contributed by atoms with Gasteiger partial charge in [-0.25, -0.2) is 14.6 Å². The number of hydrogen-bond acceptors (Lipinski definition) is 9. The van der Waals surface area contributed by atoms with Gasteiger partial charge in [-0.2, -0.15) is 8.78 Å². The van der Waals surface area contributed by atoms with E-state index in [9.17, 15) is 23.5 Å². The number of nitrogens with zero attached hydrogens (tertiary/aromatic N) is 2. The van der Waals surface area contributed by atoms with Crippen LogP contribution in [0.25, 0.3) is 0 Å². The van der Waals surface area contributed by atoms with Crippen LogP contribution in [0.4, 0.5) is 14.6 Å². The molecule has 0 bridgehead atoms. The number of aromatic nitrogens is 1. The number of ether oxygens (including phenoxy) is 4. The Balaban J connectivity index is 1.85. The minimum Gasteiger partial charge on any atom is -0.489 e. The molecule has 2 atom stereocenters. The average molecular weight is 520 g/mol. The summed E-state index contributed by atoms with van der Waals surface area (Å²) in [5.74, 6) is -1.83. The Labute approximate surface area is 211 Å². The zero-order valence-electron chi connectivity index (χ0n) is 20.4. The van der Waals surface area contributed by atoms with Crippen molar-refractivity contribution in [1.82, 2.24) is 4.98 Å². The molecule has 2 aliphatic rings. The molecular weight excluding hydrogens is 492 g/mol. The third-order valence-electron chi connectivity index (χ3n) is 6.03. The predicted molar refractivity (Wildman–Crippen MR) is 126 cm³/mol. The van der Waals surface area contributed by atoms with Crippen LogP contribution in [0.1, 0.15) is 42.7 Å². The first-order chi connectivity index (χ1) is 17.5. The minimum atomic E-state index is -3.07. The largest absolute Gasteiger partial charge is 0.489 e. The van der Waals surface area contributed by atoms with Crippen LogP contribution in [0.15, 0.2) is 47.9 Å². The maximum absolute atomic E-state index is 13.0. The molecule has 4 rings (SSSR count). The number of rotatable bonds is 10. The lowest BCUT2D eigenvalue weighted by atomic mass is 10.0. The Morgan fingerprint density at radius 1 is 1.27 bits per heavy atom. The first kappa shape index (κ1) is 26.1. The van der Waals surface area contributed by atoms with Crippen LogP contribution in [0.2, 0.25) is 0 Å². The molecule has 1 aliphatic heterocycles. The van der Waals surface area contributed by atoms with Crippen molar-refractivity contribution in [3.63, 3.8) is 0 Å². The number of alkyl halides is 2. The van der Waals surface area contributed by atoms with Crippen LogP contribution in [0.3, 0.4) is 0 Å². The van der Waals surface area contributed by atoms with E-state index >= 15 is 0 Å². The third-order valence-corrected chi connectivity index (χ3v) is 6.03. The first-order valence-electron chi connectivity index (χ1n) is 11.5. The van der Waals surface area contributed by atoms with Crippen molar-refractivity contribution in [2.24, 2.45) is 11.7 Å². The number of esters is 1. The zero-order valence-corrected chi connectivity index (χ0v) is 20.4. The molecule has 37 heavy (non-hydrogen) atoms. The number of nitrogens with two attached hydrogens (primary N) is 1. The predicted octanol–water partition coefficient (Wildman–Crippen LogP) is 3.61. The lowest BCUT2D eigenvalue weighted by Gasteiger charge is -2.36. The average Bonchev–Trinajstić information content (AvgIpc) is 3.63. The van der Waals surface area contributed by atoms with Crippen molar-refractivity contribution >= 4 is 17.8 Å². The smallest absolute Gasteiger partial charge is 0.387 e. The Kier molecular flexibility index (Phi) is 7.21. The lowest BCUT2D eigenvalue weighted by Crippen LogP contribution is -2.43. The van der Waals surface area contributed by atoms with Gasteiger partial charge < -0.3 is 29.8 Å². The van der Waals surface area contributed by atoms with Gasteiger partial charge in [0, 0.05) is 5.56 Å². The molecule has 2 aromatic rings. The highest BCUT2D eigenvalue weighted by atomic mass is 19.3. The molecule has 3 N–H and O–H groups in total. The van der Waals surface area contributed by atoms with Crippen molar-refractivity contribution < 1.29 is 42.4 Å². The number of carbonyl (C=O) groups is 2. The van der Waals surface area contributed by atoms with Crippen LogP contribution in [-0.4, -0.2) is 48.4 Å². The fourth-order valence-corrected chi connectivity index (χ4v) is 4.02. The van der Waals surface area contributed by atoms with E-state index in [1.54, 1.807) is 13.8 Å². The monoisotopic (exact) mass is 519 g/mol. The van der Waals surface area contributed by atoms with Crippen molar-refractivity contribution in [3.8, 4) is 11.5 Å². The van der Waals surface area contributed by atoms with E-state index in [-0.39, 0.29) is 34.5 Å². The number of carbonyl (C=O) groups excluding carboxylic acids is 1. The van der Waals surface area contributed by atoms with E-state index in [2.05, 4.69) is 9.72 Å². The normalized spacial score (nSPS) is 20.0. The summed E-state index contributed by atoms with van der Waals surface area (Å²) in [6, 6.07) is 7.83. The molecule has 1 aromatic heterocycles. The molecule has 0 radical (unpaired) electrons. The van der Waals surface area contributed by atoms with Gasteiger partial charge in [0.25, 0.3) is 0 Å². The quantitative estimate of drug-likeness (QED) is 0.449. The topological polar surface area (TPSA) is 133 Å². The fourth-order valence-electron chi connectivity index (χ4n) is 4.02. The van der Waals surface area contributed by atoms with Crippen molar-refractivity contribution in [2.75, 3.05) is 18.6 Å². The van der Waals surface area contributed by atoms with Gasteiger partial charge in [0.05, 0.1) is 19.8 Å². The molecule has 198 valence electrons. The lowest BCUT2D eigenvalue weighted by molar-refractivity contribution is -0.132. The molecule has 1 aliphatic carbocycles. The van der Waals surface area contributed by atoms with Crippen LogP contribution in [0.5, 0.6) is 11.5 Å². The molecule has 10 nitrogen and oxygen atoms in total. The van der Waals surface area contributed by atoms with Crippen LogP contribution in [0, 0.1) is 5.92 Å². The molecule has 0 amide bonds. The highest BCUT2D eigenvalue weighted by Gasteiger charge is 2.50. The van der Waals surface area contributed by atoms with Crippen molar-refractivity contribution in [3.05, 3.63) is 59.1 Å². The number of aliphatic carboxylic acids is 1. The van der Waals surface area contributed by atoms with Gasteiger partial charge in [0.2, 0.25) is 5.72 Å². The second-order valence-electron chi connectivity index (χ2n) is 8.89. The van der Waals surface area contributed by atoms with E-state index in [1.807, 2.05) is 0 Å². The molecule has 2 heterocycles. The first-order valence-corrected chi connectivity index (χ1v) is 11.5. The zero-order chi connectivity index (χ0) is 26.9. The van der Waals surface area contributed by atoms with Crippen molar-refractivity contribution in [1.29, 1.82) is 0 Å². The summed E-state index contributed by atoms with van der Waals surface area (Å²) in [4.78, 5) is 30.1. The molecule has 12 heteroatoms. The summed E-state index contributed by atoms with van der Waals surface area (Å²) in [7, 11) is 1.20. The van der Waals surface area contributed by atoms with Gasteiger partial charge in [-0.15, -0.1) is 0 Å². The van der Waals surface area contributed by atoms with Gasteiger partial charge in [0.1, 0.15) is 11.6 Å². The van der Waals surface area contributed by atoms with Crippen LogP contribution < -0.4 is 20.1 Å². The molecule has 0 spiro atoms. The van der Waals surface area contributed by atoms with Gasteiger partial charge in [-0.1, -0.05) is 6.07 Å². The number of carboxylic acids is 1. The highest BCUT2D eigenvalue weighted by molar-refractivity contribution is 5.94. The summed E-state index contributed by atoms with van der Waals surface area (Å²) in [6.07, 6.45) is 1.95. The standard InChI is InChI=1S/C25H27F2N3O7/c1-13(28)21-20(22(31)32)30(19-6-4-5-16(29-19)23(33)34-3)25(2,37-21)15-9-10-17(36-24(26)27)18(11-15)35-12-14-7-8-14/h4-6,9-11,13-14,24H,7-8,12,28H2,1-3H3,(H,31,32)/t13?,25-/m0/s1. The number of pyridine rings is 1. The second-order valence-corrected chi connectivity index (χ2v) is 8.89. The Morgan fingerprint density at radius 2 is 2.00 bits per heavy atom. The Morgan fingerprint density at radius 3 is 2.59 bits per heavy atom. The van der Waals surface area contributed by atoms with Crippen molar-refractivity contribution in [2.45, 2.75) is 45.1 Å². The van der Waals surface area contributed by atoms with E-state index in [4.69, 9.17) is 19.9 Å². The SMILES string of the molecule is COC(=O)c1cccc(N2C(C(=O)O)=C(C(C)N)O[C@@]2(C)c2ccc(OC(F)F)c(OCC3CC3)c2)n1. The second kappa shape index (κ2) is 10.2.